The molecule has 3 rings (SSSR count). The van der Waals surface area contributed by atoms with Crippen molar-refractivity contribution < 1.29 is 9.13 Å². The van der Waals surface area contributed by atoms with Crippen molar-refractivity contribution in [1.82, 2.24) is 14.9 Å². The molecule has 5 nitrogen and oxygen atoms in total. The van der Waals surface area contributed by atoms with Crippen molar-refractivity contribution in [2.24, 2.45) is 5.92 Å². The third kappa shape index (κ3) is 4.16. The first-order valence-corrected chi connectivity index (χ1v) is 7.84. The molecule has 0 radical (unpaired) electrons. The van der Waals surface area contributed by atoms with Gasteiger partial charge in [-0.3, -0.25) is 14.7 Å². The van der Waals surface area contributed by atoms with Crippen molar-refractivity contribution in [3.8, 4) is 5.75 Å². The first-order chi connectivity index (χ1) is 11.2. The van der Waals surface area contributed by atoms with E-state index in [1.165, 1.54) is 12.3 Å². The van der Waals surface area contributed by atoms with Gasteiger partial charge in [-0.2, -0.15) is 0 Å². The van der Waals surface area contributed by atoms with Gasteiger partial charge in [0.15, 0.2) is 11.6 Å². The van der Waals surface area contributed by atoms with Crippen LogP contribution in [0.2, 0.25) is 0 Å². The number of nitrogens with zero attached hydrogens (tertiary/aromatic N) is 2. The highest BCUT2D eigenvalue weighted by molar-refractivity contribution is 5.23. The number of H-pyrrole nitrogens is 1. The zero-order valence-electron chi connectivity index (χ0n) is 12.9. The summed E-state index contributed by atoms with van der Waals surface area (Å²) in [7, 11) is 0. The minimum atomic E-state index is -0.320. The van der Waals surface area contributed by atoms with Crippen molar-refractivity contribution in [2.45, 2.75) is 19.4 Å². The molecule has 1 N–H and O–H groups in total. The highest BCUT2D eigenvalue weighted by Gasteiger charge is 2.21. The maximum absolute atomic E-state index is 13.5. The topological polar surface area (TPSA) is 58.2 Å². The molecule has 1 aliphatic rings. The molecule has 1 aromatic heterocycles. The summed E-state index contributed by atoms with van der Waals surface area (Å²) >= 11 is 0. The Hall–Kier alpha value is -2.21. The lowest BCUT2D eigenvalue weighted by molar-refractivity contribution is 0.133. The number of piperidine rings is 1. The third-order valence-electron chi connectivity index (χ3n) is 4.17. The van der Waals surface area contributed by atoms with Crippen LogP contribution in [0.25, 0.3) is 0 Å². The molecule has 1 fully saturated rings. The number of likely N-dealkylation sites (tertiary alicyclic amines) is 1. The number of hydrogen-bond donors (Lipinski definition) is 1. The molecule has 1 saturated heterocycles. The van der Waals surface area contributed by atoms with Crippen molar-refractivity contribution >= 4 is 0 Å². The zero-order valence-corrected chi connectivity index (χ0v) is 12.9. The lowest BCUT2D eigenvalue weighted by atomic mass is 9.97. The van der Waals surface area contributed by atoms with E-state index in [4.69, 9.17) is 4.74 Å². The smallest absolute Gasteiger partial charge is 0.270 e. The number of aromatic nitrogens is 2. The Labute approximate surface area is 134 Å². The second kappa shape index (κ2) is 7.37. The fourth-order valence-corrected chi connectivity index (χ4v) is 2.79. The van der Waals surface area contributed by atoms with Crippen LogP contribution in [0.15, 0.2) is 41.5 Å². The summed E-state index contributed by atoms with van der Waals surface area (Å²) in [5.41, 5.74) is 0.422. The average molecular weight is 317 g/mol. The first-order valence-electron chi connectivity index (χ1n) is 7.84. The fraction of sp³-hybridized carbons (Fsp3) is 0.412. The zero-order chi connectivity index (χ0) is 16.1. The molecule has 0 saturated carbocycles. The maximum atomic E-state index is 13.5. The van der Waals surface area contributed by atoms with E-state index < -0.39 is 0 Å². The monoisotopic (exact) mass is 317 g/mol. The van der Waals surface area contributed by atoms with Gasteiger partial charge >= 0.3 is 0 Å². The largest absolute Gasteiger partial charge is 0.490 e. The summed E-state index contributed by atoms with van der Waals surface area (Å²) in [4.78, 5) is 20.6. The van der Waals surface area contributed by atoms with E-state index >= 15 is 0 Å². The Morgan fingerprint density at radius 3 is 2.83 bits per heavy atom. The van der Waals surface area contributed by atoms with Crippen molar-refractivity contribution in [2.75, 3.05) is 19.7 Å². The summed E-state index contributed by atoms with van der Waals surface area (Å²) in [6.45, 7) is 2.87. The van der Waals surface area contributed by atoms with Gasteiger partial charge < -0.3 is 9.72 Å². The van der Waals surface area contributed by atoms with Gasteiger partial charge in [-0.1, -0.05) is 12.1 Å². The second-order valence-electron chi connectivity index (χ2n) is 5.83. The Morgan fingerprint density at radius 1 is 1.30 bits per heavy atom. The van der Waals surface area contributed by atoms with Crippen LogP contribution in [0.1, 0.15) is 18.5 Å². The second-order valence-corrected chi connectivity index (χ2v) is 5.83. The summed E-state index contributed by atoms with van der Waals surface area (Å²) in [5, 5.41) is 0. The lowest BCUT2D eigenvalue weighted by Crippen LogP contribution is -2.36. The third-order valence-corrected chi connectivity index (χ3v) is 4.17. The molecule has 6 heteroatoms. The van der Waals surface area contributed by atoms with Crippen molar-refractivity contribution in [1.29, 1.82) is 0 Å². The summed E-state index contributed by atoms with van der Waals surface area (Å²) < 4.78 is 19.1. The minimum Gasteiger partial charge on any atom is -0.490 e. The van der Waals surface area contributed by atoms with Crippen molar-refractivity contribution in [3.63, 3.8) is 0 Å². The molecule has 0 amide bonds. The van der Waals surface area contributed by atoms with Gasteiger partial charge in [-0.25, -0.2) is 4.39 Å². The van der Waals surface area contributed by atoms with Gasteiger partial charge in [-0.15, -0.1) is 0 Å². The van der Waals surface area contributed by atoms with Crippen molar-refractivity contribution in [3.05, 3.63) is 58.5 Å². The molecular weight excluding hydrogens is 297 g/mol. The van der Waals surface area contributed by atoms with Crippen LogP contribution in [0, 0.1) is 11.7 Å². The standard InChI is InChI=1S/C17H20FN3O2/c18-14-3-1-2-4-16(14)23-12-13-5-9-21(10-6-13)11-15-17(22)20-8-7-19-15/h1-4,7-8,13H,5-6,9-12H2,(H,20,22). The molecule has 2 aromatic rings. The number of aromatic amines is 1. The maximum Gasteiger partial charge on any atom is 0.270 e. The van der Waals surface area contributed by atoms with E-state index in [0.717, 1.165) is 25.9 Å². The number of benzene rings is 1. The molecule has 0 bridgehead atoms. The predicted octanol–water partition coefficient (Wildman–Crippen LogP) is 2.20. The molecule has 1 aliphatic heterocycles. The Morgan fingerprint density at radius 2 is 2.09 bits per heavy atom. The van der Waals surface area contributed by atoms with E-state index in [2.05, 4.69) is 14.9 Å². The first kappa shape index (κ1) is 15.7. The van der Waals surface area contributed by atoms with Crippen LogP contribution in [0.3, 0.4) is 0 Å². The Bertz CT molecular complexity index is 696. The van der Waals surface area contributed by atoms with Crippen LogP contribution in [-0.2, 0) is 6.54 Å². The molecule has 23 heavy (non-hydrogen) atoms. The van der Waals surface area contributed by atoms with Gasteiger partial charge in [0.1, 0.15) is 5.69 Å². The van der Waals surface area contributed by atoms with E-state index in [1.54, 1.807) is 24.4 Å². The number of rotatable bonds is 5. The Balaban J connectivity index is 1.46. The highest BCUT2D eigenvalue weighted by atomic mass is 19.1. The molecule has 0 aliphatic carbocycles. The molecule has 2 heterocycles. The Kier molecular flexibility index (Phi) is 5.02. The predicted molar refractivity (Wildman–Crippen MR) is 84.8 cm³/mol. The summed E-state index contributed by atoms with van der Waals surface area (Å²) in [5.74, 6) is 0.405. The van der Waals surface area contributed by atoms with Gasteiger partial charge in [-0.05, 0) is 44.0 Å². The summed E-state index contributed by atoms with van der Waals surface area (Å²) in [6, 6.07) is 6.48. The van der Waals surface area contributed by atoms with Crippen LogP contribution in [0.5, 0.6) is 5.75 Å². The SMILES string of the molecule is O=c1[nH]ccnc1CN1CCC(COc2ccccc2F)CC1. The number of halogens is 1. The van der Waals surface area contributed by atoms with E-state index in [0.29, 0.717) is 30.5 Å². The fourth-order valence-electron chi connectivity index (χ4n) is 2.79. The van der Waals surface area contributed by atoms with Crippen LogP contribution in [-0.4, -0.2) is 34.6 Å². The highest BCUT2D eigenvalue weighted by Crippen LogP contribution is 2.21. The van der Waals surface area contributed by atoms with Gasteiger partial charge in [0, 0.05) is 18.9 Å². The number of hydrogen-bond acceptors (Lipinski definition) is 4. The lowest BCUT2D eigenvalue weighted by Gasteiger charge is -2.31. The van der Waals surface area contributed by atoms with E-state index in [9.17, 15) is 9.18 Å². The molecule has 0 spiro atoms. The minimum absolute atomic E-state index is 0.127. The molecule has 1 aromatic carbocycles. The number of nitrogens with one attached hydrogen (secondary N) is 1. The molecule has 0 atom stereocenters. The summed E-state index contributed by atoms with van der Waals surface area (Å²) in [6.07, 6.45) is 5.09. The average Bonchev–Trinajstić information content (AvgIpc) is 2.57. The van der Waals surface area contributed by atoms with Crippen LogP contribution in [0.4, 0.5) is 4.39 Å². The van der Waals surface area contributed by atoms with Gasteiger partial charge in [0.05, 0.1) is 6.61 Å². The van der Waals surface area contributed by atoms with Gasteiger partial charge in [0.25, 0.3) is 5.56 Å². The van der Waals surface area contributed by atoms with E-state index in [-0.39, 0.29) is 11.4 Å². The van der Waals surface area contributed by atoms with E-state index in [1.807, 2.05) is 0 Å². The quantitative estimate of drug-likeness (QED) is 0.918. The molecule has 122 valence electrons. The van der Waals surface area contributed by atoms with Gasteiger partial charge in [0.2, 0.25) is 0 Å². The number of para-hydroxylation sites is 1. The molecule has 0 unspecified atom stereocenters. The van der Waals surface area contributed by atoms with Crippen LogP contribution < -0.4 is 10.3 Å². The molecular formula is C17H20FN3O2. The number of ether oxygens (including phenoxy) is 1. The van der Waals surface area contributed by atoms with Crippen LogP contribution >= 0.6 is 0 Å². The normalized spacial score (nSPS) is 16.4.